The molecule has 2 aliphatic heterocycles. The van der Waals surface area contributed by atoms with Gasteiger partial charge in [-0.3, -0.25) is 4.90 Å². The number of anilines is 2. The van der Waals surface area contributed by atoms with Crippen LogP contribution in [0.15, 0.2) is 23.1 Å². The van der Waals surface area contributed by atoms with Crippen LogP contribution in [0.2, 0.25) is 0 Å². The summed E-state index contributed by atoms with van der Waals surface area (Å²) in [6.45, 7) is 4.08. The molecule has 2 fully saturated rings. The average Bonchev–Trinajstić information content (AvgIpc) is 2.46. The van der Waals surface area contributed by atoms with Crippen molar-refractivity contribution in [2.75, 3.05) is 43.1 Å². The van der Waals surface area contributed by atoms with Gasteiger partial charge in [0, 0.05) is 31.9 Å². The first-order valence-electron chi connectivity index (χ1n) is 7.54. The SMILES string of the molecule is CS(=O)(=O)c1cccc(N2CCN3CCCCC3C2)c1N. The van der Waals surface area contributed by atoms with E-state index < -0.39 is 9.84 Å². The number of piperazine rings is 1. The van der Waals surface area contributed by atoms with Crippen LogP contribution in [0.3, 0.4) is 0 Å². The molecule has 3 rings (SSSR count). The van der Waals surface area contributed by atoms with Crippen LogP contribution in [-0.4, -0.2) is 51.8 Å². The summed E-state index contributed by atoms with van der Waals surface area (Å²) in [5.41, 5.74) is 7.39. The van der Waals surface area contributed by atoms with Crippen molar-refractivity contribution in [3.8, 4) is 0 Å². The van der Waals surface area contributed by atoms with E-state index >= 15 is 0 Å². The van der Waals surface area contributed by atoms with Crippen LogP contribution in [0.5, 0.6) is 0 Å². The molecule has 2 heterocycles. The first kappa shape index (κ1) is 14.7. The highest BCUT2D eigenvalue weighted by molar-refractivity contribution is 7.90. The molecule has 0 amide bonds. The lowest BCUT2D eigenvalue weighted by molar-refractivity contribution is 0.133. The van der Waals surface area contributed by atoms with Crippen molar-refractivity contribution in [2.45, 2.75) is 30.2 Å². The van der Waals surface area contributed by atoms with Crippen molar-refractivity contribution in [1.82, 2.24) is 4.90 Å². The molecule has 0 saturated carbocycles. The van der Waals surface area contributed by atoms with Crippen LogP contribution in [0.25, 0.3) is 0 Å². The van der Waals surface area contributed by atoms with Crippen LogP contribution >= 0.6 is 0 Å². The molecule has 2 aliphatic rings. The molecule has 21 heavy (non-hydrogen) atoms. The zero-order valence-electron chi connectivity index (χ0n) is 12.5. The van der Waals surface area contributed by atoms with Crippen molar-refractivity contribution >= 4 is 21.2 Å². The van der Waals surface area contributed by atoms with Gasteiger partial charge in [0.05, 0.1) is 16.3 Å². The summed E-state index contributed by atoms with van der Waals surface area (Å²) >= 11 is 0. The summed E-state index contributed by atoms with van der Waals surface area (Å²) in [5, 5.41) is 0. The highest BCUT2D eigenvalue weighted by Crippen LogP contribution is 2.32. The quantitative estimate of drug-likeness (QED) is 0.835. The Morgan fingerprint density at radius 2 is 2.00 bits per heavy atom. The van der Waals surface area contributed by atoms with Crippen molar-refractivity contribution in [2.24, 2.45) is 0 Å². The minimum atomic E-state index is -3.28. The lowest BCUT2D eigenvalue weighted by Gasteiger charge is -2.45. The summed E-state index contributed by atoms with van der Waals surface area (Å²) in [4.78, 5) is 5.04. The van der Waals surface area contributed by atoms with Gasteiger partial charge in [0.15, 0.2) is 9.84 Å². The van der Waals surface area contributed by atoms with Crippen LogP contribution < -0.4 is 10.6 Å². The summed E-state index contributed by atoms with van der Waals surface area (Å²) in [5.74, 6) is 0. The maximum Gasteiger partial charge on any atom is 0.177 e. The van der Waals surface area contributed by atoms with Crippen molar-refractivity contribution in [3.05, 3.63) is 18.2 Å². The number of sulfone groups is 1. The normalized spacial score (nSPS) is 23.9. The molecule has 116 valence electrons. The third-order valence-electron chi connectivity index (χ3n) is 4.62. The van der Waals surface area contributed by atoms with E-state index in [-0.39, 0.29) is 4.90 Å². The zero-order chi connectivity index (χ0) is 15.0. The van der Waals surface area contributed by atoms with Crippen molar-refractivity contribution in [3.63, 3.8) is 0 Å². The predicted octanol–water partition coefficient (Wildman–Crippen LogP) is 1.35. The molecule has 1 aromatic carbocycles. The highest BCUT2D eigenvalue weighted by atomic mass is 32.2. The van der Waals surface area contributed by atoms with E-state index in [0.29, 0.717) is 11.7 Å². The zero-order valence-corrected chi connectivity index (χ0v) is 13.3. The molecule has 5 nitrogen and oxygen atoms in total. The Labute approximate surface area is 126 Å². The maximum absolute atomic E-state index is 11.8. The number of para-hydroxylation sites is 1. The smallest absolute Gasteiger partial charge is 0.177 e. The number of nitrogens with zero attached hydrogens (tertiary/aromatic N) is 2. The van der Waals surface area contributed by atoms with Gasteiger partial charge in [0.25, 0.3) is 0 Å². The third-order valence-corrected chi connectivity index (χ3v) is 5.78. The molecule has 1 unspecified atom stereocenters. The standard InChI is InChI=1S/C15H23N3O2S/c1-21(19,20)14-7-4-6-13(15(14)16)18-10-9-17-8-3-2-5-12(17)11-18/h4,6-7,12H,2-3,5,8-11,16H2,1H3. The molecule has 0 radical (unpaired) electrons. The largest absolute Gasteiger partial charge is 0.396 e. The van der Waals surface area contributed by atoms with Crippen LogP contribution in [-0.2, 0) is 9.84 Å². The number of fused-ring (bicyclic) bond motifs is 1. The highest BCUT2D eigenvalue weighted by Gasteiger charge is 2.30. The van der Waals surface area contributed by atoms with Crippen LogP contribution in [0, 0.1) is 0 Å². The van der Waals surface area contributed by atoms with E-state index in [1.54, 1.807) is 12.1 Å². The number of piperidine rings is 1. The number of hydrogen-bond donors (Lipinski definition) is 1. The molecular formula is C15H23N3O2S. The fraction of sp³-hybridized carbons (Fsp3) is 0.600. The summed E-state index contributed by atoms with van der Waals surface area (Å²) in [7, 11) is -3.28. The Bertz CT molecular complexity index is 630. The van der Waals surface area contributed by atoms with Crippen molar-refractivity contribution in [1.29, 1.82) is 0 Å². The van der Waals surface area contributed by atoms with E-state index in [1.807, 2.05) is 6.07 Å². The minimum absolute atomic E-state index is 0.242. The molecule has 0 aliphatic carbocycles. The summed E-state index contributed by atoms with van der Waals surface area (Å²) < 4.78 is 23.6. The molecule has 2 N–H and O–H groups in total. The van der Waals surface area contributed by atoms with E-state index in [2.05, 4.69) is 9.80 Å². The van der Waals surface area contributed by atoms with E-state index in [0.717, 1.165) is 25.3 Å². The fourth-order valence-corrected chi connectivity index (χ4v) is 4.34. The van der Waals surface area contributed by atoms with Gasteiger partial charge in [0.1, 0.15) is 0 Å². The molecule has 1 aromatic rings. The van der Waals surface area contributed by atoms with Gasteiger partial charge in [-0.15, -0.1) is 0 Å². The van der Waals surface area contributed by atoms with Gasteiger partial charge in [-0.1, -0.05) is 12.5 Å². The molecule has 0 spiro atoms. The predicted molar refractivity (Wildman–Crippen MR) is 85.4 cm³/mol. The van der Waals surface area contributed by atoms with Crippen LogP contribution in [0.4, 0.5) is 11.4 Å². The van der Waals surface area contributed by atoms with Gasteiger partial charge in [-0.25, -0.2) is 8.42 Å². The van der Waals surface area contributed by atoms with Gasteiger partial charge in [0.2, 0.25) is 0 Å². The van der Waals surface area contributed by atoms with Crippen LogP contribution in [0.1, 0.15) is 19.3 Å². The summed E-state index contributed by atoms with van der Waals surface area (Å²) in [6, 6.07) is 5.89. The second-order valence-corrected chi connectivity index (χ2v) is 8.08. The van der Waals surface area contributed by atoms with Crippen molar-refractivity contribution < 1.29 is 8.42 Å². The second-order valence-electron chi connectivity index (χ2n) is 6.09. The maximum atomic E-state index is 11.8. The Kier molecular flexibility index (Phi) is 3.84. The van der Waals surface area contributed by atoms with Gasteiger partial charge in [-0.2, -0.15) is 0 Å². The number of nitrogens with two attached hydrogens (primary N) is 1. The molecule has 6 heteroatoms. The Balaban J connectivity index is 1.88. The Morgan fingerprint density at radius 3 is 2.76 bits per heavy atom. The first-order chi connectivity index (χ1) is 9.97. The van der Waals surface area contributed by atoms with Gasteiger partial charge in [-0.05, 0) is 31.5 Å². The van der Waals surface area contributed by atoms with E-state index in [4.69, 9.17) is 5.73 Å². The Hall–Kier alpha value is -1.27. The number of nitrogen functional groups attached to an aromatic ring is 1. The molecular weight excluding hydrogens is 286 g/mol. The third kappa shape index (κ3) is 2.87. The summed E-state index contributed by atoms with van der Waals surface area (Å²) in [6.07, 6.45) is 5.01. The van der Waals surface area contributed by atoms with Gasteiger partial charge >= 0.3 is 0 Å². The molecule has 1 atom stereocenters. The lowest BCUT2D eigenvalue weighted by atomic mass is 9.99. The monoisotopic (exact) mass is 309 g/mol. The van der Waals surface area contributed by atoms with E-state index in [1.165, 1.54) is 32.1 Å². The van der Waals surface area contributed by atoms with Gasteiger partial charge < -0.3 is 10.6 Å². The second kappa shape index (κ2) is 5.50. The topological polar surface area (TPSA) is 66.6 Å². The number of benzene rings is 1. The first-order valence-corrected chi connectivity index (χ1v) is 9.43. The fourth-order valence-electron chi connectivity index (χ4n) is 3.51. The lowest BCUT2D eigenvalue weighted by Crippen LogP contribution is -2.55. The number of hydrogen-bond acceptors (Lipinski definition) is 5. The minimum Gasteiger partial charge on any atom is -0.396 e. The Morgan fingerprint density at radius 1 is 1.19 bits per heavy atom. The number of rotatable bonds is 2. The van der Waals surface area contributed by atoms with E-state index in [9.17, 15) is 8.42 Å². The molecule has 2 saturated heterocycles. The molecule has 0 aromatic heterocycles. The average molecular weight is 309 g/mol. The molecule has 0 bridgehead atoms.